The average Bonchev–Trinajstić information content (AvgIpc) is 3.18. The van der Waals surface area contributed by atoms with E-state index in [9.17, 15) is 9.90 Å². The van der Waals surface area contributed by atoms with Gasteiger partial charge >= 0.3 is 5.97 Å². The number of hydrogen-bond acceptors (Lipinski definition) is 8. The van der Waals surface area contributed by atoms with Crippen molar-refractivity contribution < 1.29 is 38.3 Å². The van der Waals surface area contributed by atoms with E-state index in [1.807, 2.05) is 82.3 Å². The molecular weight excluding hydrogens is 478 g/mol. The van der Waals surface area contributed by atoms with Gasteiger partial charge in [0.15, 0.2) is 17.3 Å². The Bertz CT molecular complexity index is 1090. The summed E-state index contributed by atoms with van der Waals surface area (Å²) in [6.07, 6.45) is -1.16. The van der Waals surface area contributed by atoms with Gasteiger partial charge in [0.05, 0.1) is 13.2 Å². The first-order chi connectivity index (χ1) is 17.5. The van der Waals surface area contributed by atoms with Crippen molar-refractivity contribution in [1.82, 2.24) is 5.32 Å². The number of benzene rings is 2. The largest absolute Gasteiger partial charge is 0.489 e. The monoisotopic (exact) mass is 513 g/mol. The molecule has 0 aliphatic carbocycles. The zero-order valence-corrected chi connectivity index (χ0v) is 21.6. The van der Waals surface area contributed by atoms with Gasteiger partial charge in [0.1, 0.15) is 36.7 Å². The molecule has 9 nitrogen and oxygen atoms in total. The number of aliphatic carboxylic acids is 1. The third-order valence-electron chi connectivity index (χ3n) is 6.86. The summed E-state index contributed by atoms with van der Waals surface area (Å²) in [7, 11) is 0. The van der Waals surface area contributed by atoms with Gasteiger partial charge < -0.3 is 33.5 Å². The van der Waals surface area contributed by atoms with Crippen LogP contribution in [-0.4, -0.2) is 65.9 Å². The van der Waals surface area contributed by atoms with Crippen molar-refractivity contribution in [2.45, 2.75) is 82.4 Å². The summed E-state index contributed by atoms with van der Waals surface area (Å²) in [5.41, 5.74) is 0.709. The molecule has 2 aromatic rings. The first kappa shape index (κ1) is 26.1. The second-order valence-corrected chi connectivity index (χ2v) is 10.7. The van der Waals surface area contributed by atoms with E-state index in [1.165, 1.54) is 0 Å². The second kappa shape index (κ2) is 9.98. The molecule has 2 N–H and O–H groups in total. The van der Waals surface area contributed by atoms with E-state index in [1.54, 1.807) is 0 Å². The minimum absolute atomic E-state index is 0.105. The van der Waals surface area contributed by atoms with E-state index < -0.39 is 41.5 Å². The normalized spacial score (nSPS) is 30.6. The van der Waals surface area contributed by atoms with Crippen LogP contribution in [0.1, 0.15) is 38.8 Å². The summed E-state index contributed by atoms with van der Waals surface area (Å²) in [4.78, 5) is 12.4. The van der Waals surface area contributed by atoms with Crippen molar-refractivity contribution in [3.05, 3.63) is 65.7 Å². The summed E-state index contributed by atoms with van der Waals surface area (Å²) < 4.78 is 36.5. The van der Waals surface area contributed by atoms with E-state index in [4.69, 9.17) is 28.4 Å². The van der Waals surface area contributed by atoms with Crippen LogP contribution in [0.4, 0.5) is 0 Å². The van der Waals surface area contributed by atoms with Gasteiger partial charge in [-0.15, -0.1) is 0 Å². The molecule has 0 amide bonds. The number of fused-ring (bicyclic) bond motifs is 3. The van der Waals surface area contributed by atoms with Gasteiger partial charge in [0.2, 0.25) is 0 Å². The number of nitrogens with one attached hydrogen (secondary N) is 1. The lowest BCUT2D eigenvalue weighted by atomic mass is 9.91. The number of carboxylic acid groups (broad SMARTS) is 1. The fraction of sp³-hybridized carbons (Fsp3) is 0.536. The summed E-state index contributed by atoms with van der Waals surface area (Å²) in [5.74, 6) is -1.97. The van der Waals surface area contributed by atoms with E-state index in [2.05, 4.69) is 5.32 Å². The van der Waals surface area contributed by atoms with Crippen molar-refractivity contribution >= 4 is 5.97 Å². The van der Waals surface area contributed by atoms with Crippen LogP contribution in [0.25, 0.3) is 0 Å². The summed E-state index contributed by atoms with van der Waals surface area (Å²) in [6, 6.07) is 16.4. The number of hydrogen-bond donors (Lipinski definition) is 2. The molecule has 3 heterocycles. The van der Waals surface area contributed by atoms with Gasteiger partial charge in [-0.3, -0.25) is 10.1 Å². The molecule has 0 saturated carbocycles. The lowest BCUT2D eigenvalue weighted by Crippen LogP contribution is -2.75. The summed E-state index contributed by atoms with van der Waals surface area (Å²) in [6.45, 7) is 8.12. The predicted molar refractivity (Wildman–Crippen MR) is 133 cm³/mol. The third-order valence-corrected chi connectivity index (χ3v) is 6.86. The highest BCUT2D eigenvalue weighted by Crippen LogP contribution is 2.43. The first-order valence-electron chi connectivity index (χ1n) is 12.6. The maximum Gasteiger partial charge on any atom is 0.321 e. The minimum atomic E-state index is -1.21. The lowest BCUT2D eigenvalue weighted by molar-refractivity contribution is -0.379. The molecule has 0 spiro atoms. The molecule has 5 rings (SSSR count). The maximum absolute atomic E-state index is 12.4. The Kier molecular flexibility index (Phi) is 7.04. The van der Waals surface area contributed by atoms with Crippen LogP contribution in [0.3, 0.4) is 0 Å². The molecule has 2 aromatic carbocycles. The van der Waals surface area contributed by atoms with Crippen LogP contribution in [-0.2, 0) is 41.5 Å². The van der Waals surface area contributed by atoms with Gasteiger partial charge in [0.25, 0.3) is 0 Å². The fourth-order valence-electron chi connectivity index (χ4n) is 5.09. The quantitative estimate of drug-likeness (QED) is 0.550. The number of ether oxygens (including phenoxy) is 6. The van der Waals surface area contributed by atoms with Crippen molar-refractivity contribution in [3.8, 4) is 5.75 Å². The van der Waals surface area contributed by atoms with E-state index >= 15 is 0 Å². The Morgan fingerprint density at radius 1 is 0.973 bits per heavy atom. The van der Waals surface area contributed by atoms with Crippen molar-refractivity contribution in [1.29, 1.82) is 0 Å². The molecule has 0 unspecified atom stereocenters. The van der Waals surface area contributed by atoms with Gasteiger partial charge in [-0.1, -0.05) is 42.5 Å². The van der Waals surface area contributed by atoms with Gasteiger partial charge in [-0.2, -0.15) is 0 Å². The lowest BCUT2D eigenvalue weighted by Gasteiger charge is -2.54. The van der Waals surface area contributed by atoms with Crippen LogP contribution >= 0.6 is 0 Å². The molecule has 3 fully saturated rings. The van der Waals surface area contributed by atoms with Crippen LogP contribution in [0, 0.1) is 0 Å². The fourth-order valence-corrected chi connectivity index (χ4v) is 5.09. The molecule has 0 radical (unpaired) electrons. The highest BCUT2D eigenvalue weighted by molar-refractivity contribution is 5.74. The molecule has 5 atom stereocenters. The first-order valence-corrected chi connectivity index (χ1v) is 12.6. The van der Waals surface area contributed by atoms with E-state index in [0.29, 0.717) is 12.4 Å². The number of carbonyl (C=O) groups is 1. The molecule has 9 heteroatoms. The zero-order chi connectivity index (χ0) is 26.3. The van der Waals surface area contributed by atoms with Gasteiger partial charge in [-0.05, 0) is 57.4 Å². The minimum Gasteiger partial charge on any atom is -0.489 e. The van der Waals surface area contributed by atoms with E-state index in [-0.39, 0.29) is 25.7 Å². The van der Waals surface area contributed by atoms with Crippen LogP contribution in [0.2, 0.25) is 0 Å². The van der Waals surface area contributed by atoms with E-state index in [0.717, 1.165) is 11.1 Å². The molecule has 3 aliphatic rings. The summed E-state index contributed by atoms with van der Waals surface area (Å²) >= 11 is 0. The van der Waals surface area contributed by atoms with Gasteiger partial charge in [0, 0.05) is 0 Å². The molecule has 37 heavy (non-hydrogen) atoms. The molecule has 0 bridgehead atoms. The van der Waals surface area contributed by atoms with Crippen LogP contribution in [0.15, 0.2) is 54.6 Å². The number of carboxylic acids is 1. The maximum atomic E-state index is 12.4. The zero-order valence-electron chi connectivity index (χ0n) is 21.6. The Labute approximate surface area is 216 Å². The predicted octanol–water partition coefficient (Wildman–Crippen LogP) is 3.25. The summed E-state index contributed by atoms with van der Waals surface area (Å²) in [5, 5.41) is 13.3. The highest BCUT2D eigenvalue weighted by Gasteiger charge is 2.62. The second-order valence-electron chi connectivity index (χ2n) is 10.7. The van der Waals surface area contributed by atoms with Crippen molar-refractivity contribution in [3.63, 3.8) is 0 Å². The Hall–Kier alpha value is -2.53. The Morgan fingerprint density at radius 3 is 2.41 bits per heavy atom. The van der Waals surface area contributed by atoms with Crippen molar-refractivity contribution in [2.24, 2.45) is 0 Å². The van der Waals surface area contributed by atoms with Crippen LogP contribution in [0.5, 0.6) is 5.75 Å². The molecule has 0 aromatic heterocycles. The number of rotatable bonds is 8. The van der Waals surface area contributed by atoms with Gasteiger partial charge in [-0.25, -0.2) is 0 Å². The molecule has 3 aliphatic heterocycles. The molecule has 200 valence electrons. The third kappa shape index (κ3) is 5.82. The highest BCUT2D eigenvalue weighted by atomic mass is 16.8. The standard InChI is InChI=1S/C28H35NO8/c1-26(2)34-17-28(24(37-26)23-22(16-33-28)35-27(3,4)36-23)29-21(25(30)31)14-18-10-12-20(13-11-18)32-15-19-8-6-5-7-9-19/h5-13,21-24,29H,14-17H2,1-4H3,(H,30,31)/t21-,22+,23+,24-,28+/m0/s1. The molecule has 3 saturated heterocycles. The Morgan fingerprint density at radius 2 is 1.70 bits per heavy atom. The Balaban J connectivity index is 1.29. The topological polar surface area (TPSA) is 105 Å². The van der Waals surface area contributed by atoms with Crippen molar-refractivity contribution in [2.75, 3.05) is 13.2 Å². The SMILES string of the molecule is CC1(C)O[C@@H]2[C@@H](CO[C@]3(N[C@@H](Cc4ccc(OCc5ccccc5)cc4)C(=O)O)COC(C)(C)O[C@@H]23)O1. The average molecular weight is 514 g/mol. The van der Waals surface area contributed by atoms with Crippen LogP contribution < -0.4 is 10.1 Å². The smallest absolute Gasteiger partial charge is 0.321 e. The molecular formula is C28H35NO8.